The molecule has 0 aromatic heterocycles. The van der Waals surface area contributed by atoms with Crippen molar-refractivity contribution in [1.82, 2.24) is 0 Å². The van der Waals surface area contributed by atoms with Crippen LogP contribution in [0.2, 0.25) is 0 Å². The second-order valence-corrected chi connectivity index (χ2v) is 4.22. The summed E-state index contributed by atoms with van der Waals surface area (Å²) in [6.45, 7) is 0. The summed E-state index contributed by atoms with van der Waals surface area (Å²) in [4.78, 5) is 0. The molecule has 0 fully saturated rings. The van der Waals surface area contributed by atoms with Gasteiger partial charge >= 0.3 is 29.6 Å². The molecule has 0 radical (unpaired) electrons. The zero-order chi connectivity index (χ0) is 8.43. The van der Waals surface area contributed by atoms with E-state index in [1.807, 2.05) is 51.3 Å². The number of halogens is 2. The zero-order valence-electron chi connectivity index (χ0n) is 7.31. The third-order valence-electron chi connectivity index (χ3n) is 1.15. The SMILES string of the molecule is N#Cc1cc(I)c(O)c(I)c1.[H-].[Na+]. The van der Waals surface area contributed by atoms with E-state index in [1.54, 1.807) is 12.1 Å². The van der Waals surface area contributed by atoms with E-state index in [-0.39, 0.29) is 36.7 Å². The Labute approximate surface area is 121 Å². The summed E-state index contributed by atoms with van der Waals surface area (Å²) in [5.41, 5.74) is 0.580. The van der Waals surface area contributed by atoms with Gasteiger partial charge < -0.3 is 6.53 Å². The molecule has 0 aliphatic rings. The van der Waals surface area contributed by atoms with E-state index in [2.05, 4.69) is 0 Å². The Morgan fingerprint density at radius 2 is 1.75 bits per heavy atom. The Morgan fingerprint density at radius 1 is 1.33 bits per heavy atom. The van der Waals surface area contributed by atoms with E-state index in [0.717, 1.165) is 0 Å². The number of rotatable bonds is 0. The Bertz CT molecular complexity index is 317. The van der Waals surface area contributed by atoms with Crippen LogP contribution in [0.3, 0.4) is 0 Å². The number of hydrogen-bond donors (Lipinski definition) is 1. The molecule has 12 heavy (non-hydrogen) atoms. The molecule has 0 bridgehead atoms. The van der Waals surface area contributed by atoms with Gasteiger partial charge in [0.2, 0.25) is 0 Å². The average Bonchev–Trinajstić information content (AvgIpc) is 1.99. The monoisotopic (exact) mass is 395 g/mol. The van der Waals surface area contributed by atoms with Crippen molar-refractivity contribution >= 4 is 45.2 Å². The topological polar surface area (TPSA) is 44.0 Å². The molecule has 0 aliphatic carbocycles. The standard InChI is InChI=1S/C7H3I2NO.Na.H/c8-5-1-4(3-10)2-6(9)7(5)11;;/h1-2,11H;;/q;+1;-1. The molecule has 0 unspecified atom stereocenters. The van der Waals surface area contributed by atoms with Crippen LogP contribution in [-0.4, -0.2) is 5.11 Å². The Balaban J connectivity index is 0. The molecule has 0 aliphatic heterocycles. The first-order valence-corrected chi connectivity index (χ1v) is 4.89. The number of benzene rings is 1. The molecule has 0 amide bonds. The van der Waals surface area contributed by atoms with E-state index in [0.29, 0.717) is 12.7 Å². The summed E-state index contributed by atoms with van der Waals surface area (Å²) in [7, 11) is 0. The molecule has 1 rings (SSSR count). The van der Waals surface area contributed by atoms with Crippen LogP contribution in [0.5, 0.6) is 5.75 Å². The summed E-state index contributed by atoms with van der Waals surface area (Å²) in [5, 5.41) is 17.8. The predicted molar refractivity (Wildman–Crippen MR) is 59.4 cm³/mol. The quantitative estimate of drug-likeness (QED) is 0.480. The molecule has 2 nitrogen and oxygen atoms in total. The van der Waals surface area contributed by atoms with Crippen molar-refractivity contribution in [2.24, 2.45) is 0 Å². The fraction of sp³-hybridized carbons (Fsp3) is 0. The van der Waals surface area contributed by atoms with Crippen molar-refractivity contribution in [3.8, 4) is 11.8 Å². The fourth-order valence-corrected chi connectivity index (χ4v) is 2.40. The largest absolute Gasteiger partial charge is 1.00 e. The van der Waals surface area contributed by atoms with Crippen LogP contribution in [0.25, 0.3) is 0 Å². The number of hydrogen-bond acceptors (Lipinski definition) is 2. The van der Waals surface area contributed by atoms with Crippen LogP contribution in [0, 0.1) is 18.5 Å². The number of phenols is 1. The fourth-order valence-electron chi connectivity index (χ4n) is 0.630. The van der Waals surface area contributed by atoms with E-state index in [4.69, 9.17) is 5.26 Å². The third kappa shape index (κ3) is 3.03. The Morgan fingerprint density at radius 3 is 2.08 bits per heavy atom. The van der Waals surface area contributed by atoms with Gasteiger partial charge in [-0.25, -0.2) is 0 Å². The van der Waals surface area contributed by atoms with Crippen LogP contribution >= 0.6 is 45.2 Å². The van der Waals surface area contributed by atoms with Gasteiger partial charge in [-0.1, -0.05) is 0 Å². The predicted octanol–water partition coefficient (Wildman–Crippen LogP) is -0.410. The molecule has 1 aromatic carbocycles. The Hall–Kier alpha value is 0.970. The average molecular weight is 395 g/mol. The van der Waals surface area contributed by atoms with Gasteiger partial charge in [0.25, 0.3) is 0 Å². The summed E-state index contributed by atoms with van der Waals surface area (Å²) in [6, 6.07) is 5.32. The zero-order valence-corrected chi connectivity index (χ0v) is 12.6. The van der Waals surface area contributed by atoms with Gasteiger partial charge in [-0.2, -0.15) is 5.26 Å². The van der Waals surface area contributed by atoms with E-state index >= 15 is 0 Å². The van der Waals surface area contributed by atoms with Crippen molar-refractivity contribution in [3.05, 3.63) is 24.8 Å². The molecule has 0 saturated heterocycles. The number of phenolic OH excluding ortho intramolecular Hbond substituents is 1. The molecule has 0 spiro atoms. The van der Waals surface area contributed by atoms with Crippen LogP contribution in [-0.2, 0) is 0 Å². The maximum absolute atomic E-state index is 9.30. The van der Waals surface area contributed by atoms with E-state index < -0.39 is 0 Å². The van der Waals surface area contributed by atoms with Crippen molar-refractivity contribution in [2.45, 2.75) is 0 Å². The van der Waals surface area contributed by atoms with Gasteiger partial charge in [0.1, 0.15) is 5.75 Å². The van der Waals surface area contributed by atoms with Gasteiger partial charge in [-0.3, -0.25) is 0 Å². The second kappa shape index (κ2) is 5.65. The molecular weight excluding hydrogens is 391 g/mol. The molecule has 1 N–H and O–H groups in total. The summed E-state index contributed by atoms with van der Waals surface area (Å²) < 4.78 is 1.43. The minimum Gasteiger partial charge on any atom is -1.00 e. The molecule has 0 atom stereocenters. The van der Waals surface area contributed by atoms with Crippen molar-refractivity contribution in [1.29, 1.82) is 5.26 Å². The van der Waals surface area contributed by atoms with Crippen LogP contribution in [0.1, 0.15) is 6.99 Å². The maximum Gasteiger partial charge on any atom is 1.00 e. The normalized spacial score (nSPS) is 8.42. The van der Waals surface area contributed by atoms with E-state index in [1.165, 1.54) is 0 Å². The minimum atomic E-state index is 0. The van der Waals surface area contributed by atoms with Gasteiger partial charge in [-0.05, 0) is 57.3 Å². The molecule has 0 heterocycles. The van der Waals surface area contributed by atoms with Gasteiger partial charge in [-0.15, -0.1) is 0 Å². The number of aromatic hydroxyl groups is 1. The first-order chi connectivity index (χ1) is 5.15. The summed E-state index contributed by atoms with van der Waals surface area (Å²) in [5.74, 6) is 0.255. The molecular formula is C7H4I2NNaO. The third-order valence-corrected chi connectivity index (χ3v) is 2.79. The Kier molecular flexibility index (Phi) is 6.10. The first kappa shape index (κ1) is 13.0. The maximum atomic E-state index is 9.30. The van der Waals surface area contributed by atoms with Crippen LogP contribution in [0.4, 0.5) is 0 Å². The number of nitriles is 1. The smallest absolute Gasteiger partial charge is 1.00 e. The summed E-state index contributed by atoms with van der Waals surface area (Å²) in [6.07, 6.45) is 0. The second-order valence-electron chi connectivity index (χ2n) is 1.90. The molecule has 58 valence electrons. The minimum absolute atomic E-state index is 0. The van der Waals surface area contributed by atoms with Crippen molar-refractivity contribution < 1.29 is 36.1 Å². The number of nitrogens with zero attached hydrogens (tertiary/aromatic N) is 1. The van der Waals surface area contributed by atoms with Crippen molar-refractivity contribution in [3.63, 3.8) is 0 Å². The molecule has 1 aromatic rings. The van der Waals surface area contributed by atoms with Gasteiger partial charge in [0.05, 0.1) is 18.8 Å². The van der Waals surface area contributed by atoms with Crippen molar-refractivity contribution in [2.75, 3.05) is 0 Å². The van der Waals surface area contributed by atoms with Gasteiger partial charge in [0.15, 0.2) is 0 Å². The molecule has 5 heteroatoms. The van der Waals surface area contributed by atoms with Crippen LogP contribution in [0.15, 0.2) is 12.1 Å². The molecule has 0 saturated carbocycles. The summed E-state index contributed by atoms with van der Waals surface area (Å²) >= 11 is 3.99. The first-order valence-electron chi connectivity index (χ1n) is 2.73. The van der Waals surface area contributed by atoms with Gasteiger partial charge in [0, 0.05) is 0 Å². The van der Waals surface area contributed by atoms with Crippen LogP contribution < -0.4 is 29.6 Å². The van der Waals surface area contributed by atoms with E-state index in [9.17, 15) is 5.11 Å².